The van der Waals surface area contributed by atoms with Gasteiger partial charge in [0.2, 0.25) is 0 Å². The molecular formula is C14H23NO2S2. The average Bonchev–Trinajstić information content (AvgIpc) is 2.42. The average molecular weight is 301 g/mol. The Morgan fingerprint density at radius 1 is 1.16 bits per heavy atom. The smallest absolute Gasteiger partial charge is 0.150 e. The molecule has 1 aromatic carbocycles. The Morgan fingerprint density at radius 2 is 1.84 bits per heavy atom. The Kier molecular flexibility index (Phi) is 7.49. The van der Waals surface area contributed by atoms with Crippen molar-refractivity contribution in [1.82, 2.24) is 5.32 Å². The largest absolute Gasteiger partial charge is 0.313 e. The summed E-state index contributed by atoms with van der Waals surface area (Å²) in [6.07, 6.45) is 0.722. The minimum absolute atomic E-state index is 0.247. The summed E-state index contributed by atoms with van der Waals surface area (Å²) in [5.74, 6) is 1.40. The van der Waals surface area contributed by atoms with Crippen LogP contribution in [-0.4, -0.2) is 32.2 Å². The highest BCUT2D eigenvalue weighted by Gasteiger charge is 2.06. The fourth-order valence-electron chi connectivity index (χ4n) is 1.59. The summed E-state index contributed by atoms with van der Waals surface area (Å²) < 4.78 is 22.7. The summed E-state index contributed by atoms with van der Waals surface area (Å²) in [7, 11) is -2.81. The summed E-state index contributed by atoms with van der Waals surface area (Å²) in [5.41, 5.74) is 1.28. The molecule has 0 radical (unpaired) electrons. The first-order chi connectivity index (χ1) is 9.07. The van der Waals surface area contributed by atoms with Crippen molar-refractivity contribution >= 4 is 21.6 Å². The van der Waals surface area contributed by atoms with Gasteiger partial charge in [-0.1, -0.05) is 26.0 Å². The van der Waals surface area contributed by atoms with Crippen molar-refractivity contribution in [1.29, 1.82) is 0 Å². The number of thioether (sulfide) groups is 1. The lowest BCUT2D eigenvalue weighted by molar-refractivity contribution is 0.596. The Labute approximate surface area is 121 Å². The van der Waals surface area contributed by atoms with Crippen molar-refractivity contribution in [3.8, 4) is 0 Å². The van der Waals surface area contributed by atoms with Gasteiger partial charge in [-0.25, -0.2) is 8.42 Å². The minimum Gasteiger partial charge on any atom is -0.313 e. The lowest BCUT2D eigenvalue weighted by atomic mass is 10.2. The van der Waals surface area contributed by atoms with Crippen molar-refractivity contribution in [2.75, 3.05) is 23.8 Å². The number of sulfone groups is 1. The maximum Gasteiger partial charge on any atom is 0.150 e. The van der Waals surface area contributed by atoms with Gasteiger partial charge in [-0.15, -0.1) is 11.8 Å². The fraction of sp³-hybridized carbons (Fsp3) is 0.571. The zero-order chi connectivity index (χ0) is 14.1. The second-order valence-corrected chi connectivity index (χ2v) is 8.00. The Hall–Kier alpha value is -0.520. The molecule has 0 atom stereocenters. The van der Waals surface area contributed by atoms with Crippen LogP contribution in [0.2, 0.25) is 0 Å². The maximum atomic E-state index is 11.3. The highest BCUT2D eigenvalue weighted by Crippen LogP contribution is 2.19. The molecule has 0 heterocycles. The van der Waals surface area contributed by atoms with Gasteiger partial charge in [0, 0.05) is 17.2 Å². The summed E-state index contributed by atoms with van der Waals surface area (Å²) in [6.45, 7) is 5.67. The van der Waals surface area contributed by atoms with Gasteiger partial charge in [0.05, 0.1) is 5.75 Å². The number of benzene rings is 1. The summed E-state index contributed by atoms with van der Waals surface area (Å²) in [4.78, 5) is 1.20. The number of hydrogen-bond acceptors (Lipinski definition) is 4. The van der Waals surface area contributed by atoms with Crippen LogP contribution in [0.15, 0.2) is 29.2 Å². The van der Waals surface area contributed by atoms with Crippen LogP contribution in [-0.2, 0) is 16.4 Å². The van der Waals surface area contributed by atoms with Crippen LogP contribution in [0.25, 0.3) is 0 Å². The van der Waals surface area contributed by atoms with Gasteiger partial charge >= 0.3 is 0 Å². The third-order valence-corrected chi connectivity index (χ3v) is 5.70. The predicted molar refractivity (Wildman–Crippen MR) is 83.5 cm³/mol. The van der Waals surface area contributed by atoms with Crippen LogP contribution in [0, 0.1) is 0 Å². The number of hydrogen-bond donors (Lipinski definition) is 1. The summed E-state index contributed by atoms with van der Waals surface area (Å²) in [6, 6.07) is 8.44. The van der Waals surface area contributed by atoms with E-state index in [1.807, 2.05) is 0 Å². The lowest BCUT2D eigenvalue weighted by Crippen LogP contribution is -2.11. The summed E-state index contributed by atoms with van der Waals surface area (Å²) >= 11 is 1.72. The Balaban J connectivity index is 2.30. The van der Waals surface area contributed by atoms with Crippen molar-refractivity contribution in [3.05, 3.63) is 29.8 Å². The van der Waals surface area contributed by atoms with E-state index in [1.54, 1.807) is 18.7 Å². The predicted octanol–water partition coefficient (Wildman–Crippen LogP) is 2.71. The molecule has 19 heavy (non-hydrogen) atoms. The second kappa shape index (κ2) is 8.61. The van der Waals surface area contributed by atoms with Crippen LogP contribution < -0.4 is 5.32 Å². The van der Waals surface area contributed by atoms with E-state index in [4.69, 9.17) is 0 Å². The molecule has 1 rings (SSSR count). The van der Waals surface area contributed by atoms with Crippen molar-refractivity contribution in [2.45, 2.75) is 31.7 Å². The molecule has 0 unspecified atom stereocenters. The van der Waals surface area contributed by atoms with Gasteiger partial charge in [0.1, 0.15) is 9.84 Å². The maximum absolute atomic E-state index is 11.3. The second-order valence-electron chi connectivity index (χ2n) is 4.36. The van der Waals surface area contributed by atoms with Gasteiger partial charge in [0.25, 0.3) is 0 Å². The van der Waals surface area contributed by atoms with Crippen molar-refractivity contribution in [2.24, 2.45) is 0 Å². The molecule has 0 aliphatic heterocycles. The fourth-order valence-corrected chi connectivity index (χ4v) is 3.49. The highest BCUT2D eigenvalue weighted by atomic mass is 32.2. The van der Waals surface area contributed by atoms with E-state index in [-0.39, 0.29) is 5.75 Å². The molecular weight excluding hydrogens is 278 g/mol. The first kappa shape index (κ1) is 16.5. The topological polar surface area (TPSA) is 46.2 Å². The van der Waals surface area contributed by atoms with Crippen LogP contribution >= 0.6 is 11.8 Å². The van der Waals surface area contributed by atoms with Gasteiger partial charge in [0.15, 0.2) is 0 Å². The molecule has 0 fully saturated rings. The van der Waals surface area contributed by atoms with E-state index in [2.05, 4.69) is 36.5 Å². The van der Waals surface area contributed by atoms with Gasteiger partial charge in [-0.05, 0) is 36.4 Å². The third-order valence-electron chi connectivity index (χ3n) is 2.81. The number of rotatable bonds is 9. The summed E-state index contributed by atoms with van der Waals surface area (Å²) in [5, 5.41) is 3.29. The normalized spacial score (nSPS) is 11.7. The van der Waals surface area contributed by atoms with E-state index in [1.165, 1.54) is 10.5 Å². The molecule has 0 saturated heterocycles. The van der Waals surface area contributed by atoms with Crippen LogP contribution in [0.1, 0.15) is 25.8 Å². The van der Waals surface area contributed by atoms with Gasteiger partial charge in [-0.3, -0.25) is 0 Å². The lowest BCUT2D eigenvalue weighted by Gasteiger charge is -2.05. The molecule has 0 spiro atoms. The van der Waals surface area contributed by atoms with E-state index < -0.39 is 9.84 Å². The van der Waals surface area contributed by atoms with Gasteiger partial charge in [-0.2, -0.15) is 0 Å². The molecule has 1 aromatic rings. The quantitative estimate of drug-likeness (QED) is 0.563. The molecule has 5 heteroatoms. The third kappa shape index (κ3) is 6.99. The van der Waals surface area contributed by atoms with E-state index in [0.717, 1.165) is 25.3 Å². The molecule has 0 saturated carbocycles. The van der Waals surface area contributed by atoms with Crippen molar-refractivity contribution in [3.63, 3.8) is 0 Å². The molecule has 0 aromatic heterocycles. The molecule has 3 nitrogen and oxygen atoms in total. The standard InChI is InChI=1S/C14H23NO2S2/c1-3-15-12-13-6-8-14(9-7-13)18-10-5-11-19(16,17)4-2/h6-9,15H,3-5,10-12H2,1-2H3. The molecule has 0 amide bonds. The Morgan fingerprint density at radius 3 is 2.42 bits per heavy atom. The molecule has 0 bridgehead atoms. The monoisotopic (exact) mass is 301 g/mol. The Bertz CT molecular complexity index is 455. The van der Waals surface area contributed by atoms with Crippen LogP contribution in [0.4, 0.5) is 0 Å². The van der Waals surface area contributed by atoms with Crippen LogP contribution in [0.5, 0.6) is 0 Å². The van der Waals surface area contributed by atoms with E-state index in [0.29, 0.717) is 5.75 Å². The van der Waals surface area contributed by atoms with E-state index in [9.17, 15) is 8.42 Å². The van der Waals surface area contributed by atoms with Gasteiger partial charge < -0.3 is 5.32 Å². The van der Waals surface area contributed by atoms with Crippen molar-refractivity contribution < 1.29 is 8.42 Å². The molecule has 1 N–H and O–H groups in total. The first-order valence-corrected chi connectivity index (χ1v) is 9.51. The molecule has 108 valence electrons. The SMILES string of the molecule is CCNCc1ccc(SCCCS(=O)(=O)CC)cc1. The highest BCUT2D eigenvalue weighted by molar-refractivity contribution is 7.99. The number of nitrogens with one attached hydrogen (secondary N) is 1. The molecule has 0 aliphatic rings. The molecule has 0 aliphatic carbocycles. The minimum atomic E-state index is -2.81. The van der Waals surface area contributed by atoms with E-state index >= 15 is 0 Å². The zero-order valence-corrected chi connectivity index (χ0v) is 13.3. The zero-order valence-electron chi connectivity index (χ0n) is 11.7. The van der Waals surface area contributed by atoms with Crippen LogP contribution in [0.3, 0.4) is 0 Å². The first-order valence-electron chi connectivity index (χ1n) is 6.70.